The van der Waals surface area contributed by atoms with Crippen LogP contribution in [0.1, 0.15) is 21.5 Å². The molecule has 0 aliphatic heterocycles. The topological polar surface area (TPSA) is 89.0 Å². The first-order valence-electron chi connectivity index (χ1n) is 6.78. The van der Waals surface area contributed by atoms with Gasteiger partial charge in [0.1, 0.15) is 15.9 Å². The van der Waals surface area contributed by atoms with Gasteiger partial charge in [0.05, 0.1) is 16.6 Å². The summed E-state index contributed by atoms with van der Waals surface area (Å²) in [5.74, 6) is 0.0181. The summed E-state index contributed by atoms with van der Waals surface area (Å²) in [6.07, 6.45) is 0.530. The molecule has 0 spiro atoms. The fraction of sp³-hybridized carbons (Fsp3) is 0.214. The minimum absolute atomic E-state index is 0.0181. The summed E-state index contributed by atoms with van der Waals surface area (Å²) in [7, 11) is -3.64. The highest BCUT2D eigenvalue weighted by Gasteiger charge is 2.19. The number of Topliss-reactive ketones (excluding diaryl/α,β-unsaturated/α-hetero) is 1. The molecule has 6 nitrogen and oxygen atoms in total. The van der Waals surface area contributed by atoms with Gasteiger partial charge >= 0.3 is 0 Å². The molecule has 0 aliphatic rings. The number of hydrogen-bond acceptors (Lipinski definition) is 7. The highest BCUT2D eigenvalue weighted by Crippen LogP contribution is 2.21. The van der Waals surface area contributed by atoms with Crippen LogP contribution >= 0.6 is 23.1 Å². The molecule has 120 valence electrons. The summed E-state index contributed by atoms with van der Waals surface area (Å²) in [6, 6.07) is 8.51. The van der Waals surface area contributed by atoms with Gasteiger partial charge in [-0.15, -0.1) is 11.3 Å². The molecule has 0 amide bonds. The van der Waals surface area contributed by atoms with Gasteiger partial charge in [-0.1, -0.05) is 6.07 Å². The lowest BCUT2D eigenvalue weighted by Gasteiger charge is -2.06. The van der Waals surface area contributed by atoms with Crippen LogP contribution in [0.4, 0.5) is 0 Å². The van der Waals surface area contributed by atoms with E-state index in [-0.39, 0.29) is 17.2 Å². The number of carbonyl (C=O) groups excluding carboxylic acids is 1. The fourth-order valence-corrected chi connectivity index (χ4v) is 4.78. The van der Waals surface area contributed by atoms with Crippen LogP contribution in [0.3, 0.4) is 0 Å². The summed E-state index contributed by atoms with van der Waals surface area (Å²) < 4.78 is 35.5. The van der Waals surface area contributed by atoms with Gasteiger partial charge in [0, 0.05) is 11.4 Å². The lowest BCUT2D eigenvalue weighted by atomic mass is 10.3. The molecule has 0 fully saturated rings. The third-order valence-electron chi connectivity index (χ3n) is 3.21. The zero-order valence-corrected chi connectivity index (χ0v) is 14.6. The normalized spacial score (nSPS) is 11.9. The van der Waals surface area contributed by atoms with Gasteiger partial charge in [-0.05, 0) is 37.6 Å². The smallest absolute Gasteiger partial charge is 0.242 e. The van der Waals surface area contributed by atoms with Crippen LogP contribution in [-0.4, -0.2) is 29.5 Å². The molecule has 1 aromatic carbocycles. The molecule has 0 atom stereocenters. The van der Waals surface area contributed by atoms with Crippen molar-refractivity contribution in [3.8, 4) is 0 Å². The van der Waals surface area contributed by atoms with E-state index in [0.29, 0.717) is 22.3 Å². The van der Waals surface area contributed by atoms with Gasteiger partial charge in [0.25, 0.3) is 0 Å². The van der Waals surface area contributed by atoms with Crippen molar-refractivity contribution in [3.63, 3.8) is 0 Å². The maximum atomic E-state index is 12.4. The molecule has 2 aromatic heterocycles. The van der Waals surface area contributed by atoms with Crippen molar-refractivity contribution in [2.75, 3.05) is 6.54 Å². The number of rotatable bonds is 6. The van der Waals surface area contributed by atoms with Crippen LogP contribution in [0, 0.1) is 0 Å². The molecule has 0 saturated heterocycles. The molecule has 0 bridgehead atoms. The lowest BCUT2D eigenvalue weighted by Crippen LogP contribution is -2.26. The zero-order valence-electron chi connectivity index (χ0n) is 12.1. The van der Waals surface area contributed by atoms with Crippen molar-refractivity contribution in [1.82, 2.24) is 13.5 Å². The number of nitrogens with zero attached hydrogens (tertiary/aromatic N) is 2. The number of hydrogen-bond donors (Lipinski definition) is 1. The number of aromatic nitrogens is 2. The van der Waals surface area contributed by atoms with Gasteiger partial charge in [0.2, 0.25) is 10.0 Å². The van der Waals surface area contributed by atoms with Crippen molar-refractivity contribution < 1.29 is 13.2 Å². The Balaban J connectivity index is 1.71. The maximum absolute atomic E-state index is 12.4. The van der Waals surface area contributed by atoms with E-state index < -0.39 is 10.0 Å². The van der Waals surface area contributed by atoms with Crippen LogP contribution < -0.4 is 4.72 Å². The molecule has 1 N–H and O–H groups in total. The highest BCUT2D eigenvalue weighted by molar-refractivity contribution is 7.89. The third-order valence-corrected chi connectivity index (χ3v) is 6.49. The first-order valence-corrected chi connectivity index (χ1v) is 9.81. The minimum Gasteiger partial charge on any atom is -0.294 e. The van der Waals surface area contributed by atoms with Crippen LogP contribution in [0.2, 0.25) is 0 Å². The molecule has 3 aromatic rings. The molecular formula is C14H13N3O3S3. The van der Waals surface area contributed by atoms with Crippen LogP contribution in [0.25, 0.3) is 11.0 Å². The average Bonchev–Trinajstić information content (AvgIpc) is 3.15. The Bertz CT molecular complexity index is 960. The predicted octanol–water partition coefficient (Wildman–Crippen LogP) is 2.48. The van der Waals surface area contributed by atoms with E-state index >= 15 is 0 Å². The quantitative estimate of drug-likeness (QED) is 0.676. The standard InChI is InChI=1S/C14H13N3O3S3/c1-9(18)12-6-5-10(21-12)7-8-15-23(19,20)13-4-2-3-11-14(13)17-22-16-11/h2-6,15H,7-8H2,1H3. The Hall–Kier alpha value is -1.68. The van der Waals surface area contributed by atoms with Gasteiger partial charge in [0.15, 0.2) is 5.78 Å². The molecule has 0 unspecified atom stereocenters. The highest BCUT2D eigenvalue weighted by atomic mass is 32.2. The van der Waals surface area contributed by atoms with E-state index in [9.17, 15) is 13.2 Å². The third kappa shape index (κ3) is 3.47. The average molecular weight is 367 g/mol. The number of thiophene rings is 1. The van der Waals surface area contributed by atoms with E-state index in [1.807, 2.05) is 6.07 Å². The molecular weight excluding hydrogens is 354 g/mol. The number of ketones is 1. The van der Waals surface area contributed by atoms with Crippen molar-refractivity contribution in [1.29, 1.82) is 0 Å². The molecule has 0 saturated carbocycles. The maximum Gasteiger partial charge on any atom is 0.242 e. The summed E-state index contributed by atoms with van der Waals surface area (Å²) in [4.78, 5) is 13.0. The SMILES string of the molecule is CC(=O)c1ccc(CCNS(=O)(=O)c2cccc3nsnc23)s1. The monoisotopic (exact) mass is 367 g/mol. The minimum atomic E-state index is -3.64. The lowest BCUT2D eigenvalue weighted by molar-refractivity contribution is 0.102. The first-order chi connectivity index (χ1) is 11.0. The largest absolute Gasteiger partial charge is 0.294 e. The van der Waals surface area contributed by atoms with Crippen LogP contribution in [0.15, 0.2) is 35.2 Å². The Labute approximate surface area is 141 Å². The van der Waals surface area contributed by atoms with Crippen molar-refractivity contribution in [3.05, 3.63) is 40.1 Å². The Morgan fingerprint density at radius 1 is 1.22 bits per heavy atom. The van der Waals surface area contributed by atoms with Crippen molar-refractivity contribution in [2.24, 2.45) is 0 Å². The van der Waals surface area contributed by atoms with Crippen LogP contribution in [0.5, 0.6) is 0 Å². The first kappa shape index (κ1) is 16.2. The summed E-state index contributed by atoms with van der Waals surface area (Å²) in [5.41, 5.74) is 0.960. The number of carbonyl (C=O) groups is 1. The second-order valence-electron chi connectivity index (χ2n) is 4.86. The number of benzene rings is 1. The van der Waals surface area contributed by atoms with Crippen molar-refractivity contribution >= 4 is 49.9 Å². The molecule has 3 rings (SSSR count). The van der Waals surface area contributed by atoms with E-state index in [1.165, 1.54) is 24.3 Å². The van der Waals surface area contributed by atoms with E-state index in [1.54, 1.807) is 18.2 Å². The van der Waals surface area contributed by atoms with Gasteiger partial charge in [-0.2, -0.15) is 8.75 Å². The summed E-state index contributed by atoms with van der Waals surface area (Å²) in [5, 5.41) is 0. The van der Waals surface area contributed by atoms with E-state index in [2.05, 4.69) is 13.5 Å². The second kappa shape index (κ2) is 6.44. The van der Waals surface area contributed by atoms with E-state index in [0.717, 1.165) is 16.6 Å². The van der Waals surface area contributed by atoms with Gasteiger partial charge < -0.3 is 0 Å². The summed E-state index contributed by atoms with van der Waals surface area (Å²) in [6.45, 7) is 1.77. The molecule has 9 heteroatoms. The van der Waals surface area contributed by atoms with Gasteiger partial charge in [-0.3, -0.25) is 4.79 Å². The Kier molecular flexibility index (Phi) is 4.53. The van der Waals surface area contributed by atoms with Crippen molar-refractivity contribution in [2.45, 2.75) is 18.2 Å². The molecule has 0 radical (unpaired) electrons. The molecule has 23 heavy (non-hydrogen) atoms. The predicted molar refractivity (Wildman–Crippen MR) is 90.6 cm³/mol. The number of fused-ring (bicyclic) bond motifs is 1. The second-order valence-corrected chi connectivity index (χ2v) is 8.29. The zero-order chi connectivity index (χ0) is 16.4. The summed E-state index contributed by atoms with van der Waals surface area (Å²) >= 11 is 2.37. The fourth-order valence-electron chi connectivity index (χ4n) is 2.09. The molecule has 0 aliphatic carbocycles. The number of nitrogens with one attached hydrogen (secondary N) is 1. The van der Waals surface area contributed by atoms with Crippen LogP contribution in [-0.2, 0) is 16.4 Å². The number of sulfonamides is 1. The Morgan fingerprint density at radius 2 is 2.04 bits per heavy atom. The van der Waals surface area contributed by atoms with Gasteiger partial charge in [-0.25, -0.2) is 13.1 Å². The Morgan fingerprint density at radius 3 is 2.78 bits per heavy atom. The van der Waals surface area contributed by atoms with E-state index in [4.69, 9.17) is 0 Å². The molecule has 2 heterocycles.